The molecule has 27 heavy (non-hydrogen) atoms. The van der Waals surface area contributed by atoms with Crippen molar-refractivity contribution in [2.75, 3.05) is 40.0 Å². The fraction of sp³-hybridized carbons (Fsp3) is 0.400. The summed E-state index contributed by atoms with van der Waals surface area (Å²) in [6.45, 7) is 7.40. The van der Waals surface area contributed by atoms with E-state index in [2.05, 4.69) is 10.00 Å². The smallest absolute Gasteiger partial charge is 0.123 e. The zero-order chi connectivity index (χ0) is 18.8. The van der Waals surface area contributed by atoms with Crippen molar-refractivity contribution < 1.29 is 9.47 Å². The Labute approximate surface area is 163 Å². The highest BCUT2D eigenvalue weighted by atomic mass is 35.5. The van der Waals surface area contributed by atoms with Gasteiger partial charge >= 0.3 is 0 Å². The first-order chi connectivity index (χ1) is 13.2. The van der Waals surface area contributed by atoms with Gasteiger partial charge in [-0.1, -0.05) is 11.6 Å². The van der Waals surface area contributed by atoms with Gasteiger partial charge in [0.25, 0.3) is 0 Å². The largest absolute Gasteiger partial charge is 0.496 e. The van der Waals surface area contributed by atoms with Crippen LogP contribution in [0.1, 0.15) is 5.56 Å². The van der Waals surface area contributed by atoms with E-state index < -0.39 is 0 Å². The maximum absolute atomic E-state index is 6.52. The van der Waals surface area contributed by atoms with E-state index in [1.807, 2.05) is 42.2 Å². The van der Waals surface area contributed by atoms with E-state index in [0.29, 0.717) is 5.02 Å². The van der Waals surface area contributed by atoms with Crippen LogP contribution in [0.3, 0.4) is 0 Å². The molecule has 6 nitrogen and oxygen atoms in total. The Morgan fingerprint density at radius 3 is 2.81 bits per heavy atom. The molecule has 2 aromatic heterocycles. The third-order valence-electron chi connectivity index (χ3n) is 5.03. The number of hydrogen-bond acceptors (Lipinski definition) is 5. The molecule has 0 atom stereocenters. The lowest BCUT2D eigenvalue weighted by Crippen LogP contribution is -2.38. The summed E-state index contributed by atoms with van der Waals surface area (Å²) in [6, 6.07) is 5.78. The first-order valence-electron chi connectivity index (χ1n) is 9.12. The standard InChI is InChI=1S/C20H23ClN4O2/c1-14-19(26-2)4-3-16-17(21)11-18(23-20(14)16)15-12-22-25(13-15)6-5-24-7-9-27-10-8-24/h3-4,11-13H,5-10H2,1-2H3. The number of nitrogens with zero attached hydrogens (tertiary/aromatic N) is 4. The molecule has 7 heteroatoms. The molecule has 1 fully saturated rings. The molecule has 142 valence electrons. The van der Waals surface area contributed by atoms with Crippen molar-refractivity contribution in [3.05, 3.63) is 41.2 Å². The van der Waals surface area contributed by atoms with E-state index >= 15 is 0 Å². The van der Waals surface area contributed by atoms with Crippen molar-refractivity contribution >= 4 is 22.5 Å². The molecule has 3 aromatic rings. The van der Waals surface area contributed by atoms with Gasteiger partial charge in [0.15, 0.2) is 0 Å². The second kappa shape index (κ2) is 7.84. The monoisotopic (exact) mass is 386 g/mol. The Morgan fingerprint density at radius 2 is 2.04 bits per heavy atom. The average molecular weight is 387 g/mol. The summed E-state index contributed by atoms with van der Waals surface area (Å²) in [5.41, 5.74) is 3.63. The molecule has 4 rings (SSSR count). The van der Waals surface area contributed by atoms with E-state index in [1.165, 1.54) is 0 Å². The van der Waals surface area contributed by atoms with E-state index in [9.17, 15) is 0 Å². The van der Waals surface area contributed by atoms with Crippen LogP contribution in [0.25, 0.3) is 22.2 Å². The maximum atomic E-state index is 6.52. The lowest BCUT2D eigenvalue weighted by Gasteiger charge is -2.26. The highest BCUT2D eigenvalue weighted by Crippen LogP contribution is 2.33. The first kappa shape index (κ1) is 18.2. The molecule has 1 aliphatic rings. The zero-order valence-electron chi connectivity index (χ0n) is 15.6. The maximum Gasteiger partial charge on any atom is 0.123 e. The number of aryl methyl sites for hydroxylation is 1. The highest BCUT2D eigenvalue weighted by Gasteiger charge is 2.13. The first-order valence-corrected chi connectivity index (χ1v) is 9.50. The highest BCUT2D eigenvalue weighted by molar-refractivity contribution is 6.35. The van der Waals surface area contributed by atoms with Gasteiger partial charge in [0.2, 0.25) is 0 Å². The quantitative estimate of drug-likeness (QED) is 0.672. The van der Waals surface area contributed by atoms with Crippen LogP contribution in [0, 0.1) is 6.92 Å². The number of hydrogen-bond donors (Lipinski definition) is 0. The van der Waals surface area contributed by atoms with Gasteiger partial charge in [-0.3, -0.25) is 9.58 Å². The molecule has 0 radical (unpaired) electrons. The van der Waals surface area contributed by atoms with Crippen molar-refractivity contribution in [1.82, 2.24) is 19.7 Å². The van der Waals surface area contributed by atoms with Crippen LogP contribution in [0.2, 0.25) is 5.02 Å². The van der Waals surface area contributed by atoms with Crippen molar-refractivity contribution in [3.63, 3.8) is 0 Å². The van der Waals surface area contributed by atoms with Gasteiger partial charge in [-0.25, -0.2) is 4.98 Å². The fourth-order valence-corrected chi connectivity index (χ4v) is 3.68. The van der Waals surface area contributed by atoms with Crippen LogP contribution in [-0.2, 0) is 11.3 Å². The number of pyridine rings is 1. The number of halogens is 1. The predicted molar refractivity (Wildman–Crippen MR) is 107 cm³/mol. The number of ether oxygens (including phenoxy) is 2. The molecule has 1 aliphatic heterocycles. The SMILES string of the molecule is COc1ccc2c(Cl)cc(-c3cnn(CCN4CCOCC4)c3)nc2c1C. The Balaban J connectivity index is 1.58. The van der Waals surface area contributed by atoms with Gasteiger partial charge in [0.1, 0.15) is 5.75 Å². The molecule has 0 unspecified atom stereocenters. The summed E-state index contributed by atoms with van der Waals surface area (Å²) in [5, 5.41) is 6.11. The normalized spacial score (nSPS) is 15.4. The van der Waals surface area contributed by atoms with E-state index in [-0.39, 0.29) is 0 Å². The third-order valence-corrected chi connectivity index (χ3v) is 5.34. The van der Waals surface area contributed by atoms with Gasteiger partial charge < -0.3 is 9.47 Å². The van der Waals surface area contributed by atoms with Gasteiger partial charge in [0.05, 0.1) is 49.3 Å². The van der Waals surface area contributed by atoms with Crippen LogP contribution >= 0.6 is 11.6 Å². The summed E-state index contributed by atoms with van der Waals surface area (Å²) in [7, 11) is 1.66. The zero-order valence-corrected chi connectivity index (χ0v) is 16.4. The fourth-order valence-electron chi connectivity index (χ4n) is 3.42. The van der Waals surface area contributed by atoms with E-state index in [4.69, 9.17) is 26.1 Å². The summed E-state index contributed by atoms with van der Waals surface area (Å²) in [4.78, 5) is 7.23. The van der Waals surface area contributed by atoms with E-state index in [1.54, 1.807) is 7.11 Å². The minimum Gasteiger partial charge on any atom is -0.496 e. The van der Waals surface area contributed by atoms with Crippen LogP contribution in [0.5, 0.6) is 5.75 Å². The molecular formula is C20H23ClN4O2. The minimum absolute atomic E-state index is 0.682. The van der Waals surface area contributed by atoms with Gasteiger partial charge in [-0.05, 0) is 25.1 Å². The molecule has 0 aliphatic carbocycles. The molecule has 3 heterocycles. The second-order valence-corrected chi connectivity index (χ2v) is 7.13. The van der Waals surface area contributed by atoms with Gasteiger partial charge in [-0.15, -0.1) is 0 Å². The topological polar surface area (TPSA) is 52.4 Å². The Bertz CT molecular complexity index is 951. The number of benzene rings is 1. The molecule has 0 spiro atoms. The molecule has 0 amide bonds. The second-order valence-electron chi connectivity index (χ2n) is 6.72. The third kappa shape index (κ3) is 3.78. The van der Waals surface area contributed by atoms with Crippen molar-refractivity contribution in [3.8, 4) is 17.0 Å². The van der Waals surface area contributed by atoms with Crippen LogP contribution in [0.4, 0.5) is 0 Å². The number of fused-ring (bicyclic) bond motifs is 1. The number of aromatic nitrogens is 3. The number of morpholine rings is 1. The van der Waals surface area contributed by atoms with Crippen molar-refractivity contribution in [2.45, 2.75) is 13.5 Å². The Morgan fingerprint density at radius 1 is 1.22 bits per heavy atom. The predicted octanol–water partition coefficient (Wildman–Crippen LogP) is 3.40. The van der Waals surface area contributed by atoms with Crippen molar-refractivity contribution in [1.29, 1.82) is 0 Å². The number of methoxy groups -OCH3 is 1. The van der Waals surface area contributed by atoms with Crippen LogP contribution < -0.4 is 4.74 Å². The molecule has 1 saturated heterocycles. The van der Waals surface area contributed by atoms with Crippen molar-refractivity contribution in [2.24, 2.45) is 0 Å². The molecular weight excluding hydrogens is 364 g/mol. The summed E-state index contributed by atoms with van der Waals surface area (Å²) in [5.74, 6) is 0.810. The Kier molecular flexibility index (Phi) is 5.29. The summed E-state index contributed by atoms with van der Waals surface area (Å²) in [6.07, 6.45) is 3.87. The van der Waals surface area contributed by atoms with Crippen LogP contribution in [-0.4, -0.2) is 59.6 Å². The summed E-state index contributed by atoms with van der Waals surface area (Å²) >= 11 is 6.52. The number of rotatable bonds is 5. The average Bonchev–Trinajstić information content (AvgIpc) is 3.17. The lowest BCUT2D eigenvalue weighted by atomic mass is 10.1. The molecule has 1 aromatic carbocycles. The van der Waals surface area contributed by atoms with E-state index in [0.717, 1.165) is 72.9 Å². The lowest BCUT2D eigenvalue weighted by molar-refractivity contribution is 0.0360. The van der Waals surface area contributed by atoms with Gasteiger partial charge in [-0.2, -0.15) is 5.10 Å². The summed E-state index contributed by atoms with van der Waals surface area (Å²) < 4.78 is 12.8. The van der Waals surface area contributed by atoms with Crippen LogP contribution in [0.15, 0.2) is 30.6 Å². The molecule has 0 N–H and O–H groups in total. The molecule has 0 saturated carbocycles. The minimum atomic E-state index is 0.682. The Hall–Kier alpha value is -2.15. The van der Waals surface area contributed by atoms with Gasteiger partial charge in [0, 0.05) is 42.3 Å². The molecule has 0 bridgehead atoms.